The lowest BCUT2D eigenvalue weighted by Gasteiger charge is -2.44. The van der Waals surface area contributed by atoms with Gasteiger partial charge in [-0.3, -0.25) is 14.4 Å². The number of aliphatic hydroxyl groups is 3. The first-order valence-corrected chi connectivity index (χ1v) is 15.0. The van der Waals surface area contributed by atoms with Crippen molar-refractivity contribution >= 4 is 17.3 Å². The van der Waals surface area contributed by atoms with E-state index >= 15 is 0 Å². The molecule has 7 N–H and O–H groups in total. The number of rotatable bonds is 5. The summed E-state index contributed by atoms with van der Waals surface area (Å²) in [5, 5.41) is 55.4. The Hall–Kier alpha value is -3.27. The first-order valence-electron chi connectivity index (χ1n) is 15.0. The molecule has 13 nitrogen and oxygen atoms in total. The number of carbonyl (C=O) groups is 3. The maximum absolute atomic E-state index is 13.5. The predicted molar refractivity (Wildman–Crippen MR) is 154 cm³/mol. The maximum atomic E-state index is 13.5. The molecule has 2 aromatic carbocycles. The molecule has 2 fully saturated rings. The number of aromatic hydroxyl groups is 2. The Morgan fingerprint density at radius 3 is 2.09 bits per heavy atom. The van der Waals surface area contributed by atoms with Crippen molar-refractivity contribution in [3.63, 3.8) is 0 Å². The Morgan fingerprint density at radius 1 is 0.933 bits per heavy atom. The van der Waals surface area contributed by atoms with Crippen molar-refractivity contribution in [2.75, 3.05) is 0 Å². The van der Waals surface area contributed by atoms with Crippen molar-refractivity contribution in [3.05, 3.63) is 57.6 Å². The molecule has 242 valence electrons. The molecule has 10 atom stereocenters. The van der Waals surface area contributed by atoms with Gasteiger partial charge in [0.05, 0.1) is 41.6 Å². The zero-order valence-electron chi connectivity index (χ0n) is 25.0. The standard InChI is InChI=1S/C32H37NO12/c1-12-26(36)18(33)8-21(42-12)45-31-13(2)43-22(9-19(31)35)44-20-11-32(41,14(3)34)10-17-23(20)30(40)25-24(29(17)39)27(37)15-6-4-5-7-16(15)28(25)38/h4-7,12-13,18-22,26,31,35-36,39-41H,8-11,33H2,1-3H3/t12-,13-,18-,19-,20?,21-,22-,26+,31+,32-/m0/s1. The Morgan fingerprint density at radius 2 is 1.51 bits per heavy atom. The second-order valence-electron chi connectivity index (χ2n) is 12.5. The summed E-state index contributed by atoms with van der Waals surface area (Å²) in [4.78, 5) is 39.6. The van der Waals surface area contributed by atoms with Gasteiger partial charge in [0.15, 0.2) is 29.9 Å². The van der Waals surface area contributed by atoms with Crippen LogP contribution in [0.5, 0.6) is 11.5 Å². The van der Waals surface area contributed by atoms with Gasteiger partial charge in [0.1, 0.15) is 23.2 Å². The first kappa shape index (κ1) is 31.7. The van der Waals surface area contributed by atoms with E-state index in [1.807, 2.05) is 0 Å². The molecule has 2 aromatic rings. The minimum Gasteiger partial charge on any atom is -0.507 e. The molecule has 4 aliphatic rings. The van der Waals surface area contributed by atoms with E-state index in [-0.39, 0.29) is 41.5 Å². The number of aliphatic hydroxyl groups excluding tert-OH is 2. The van der Waals surface area contributed by atoms with Crippen LogP contribution in [0.2, 0.25) is 0 Å². The highest BCUT2D eigenvalue weighted by atomic mass is 16.7. The van der Waals surface area contributed by atoms with Gasteiger partial charge in [-0.1, -0.05) is 24.3 Å². The van der Waals surface area contributed by atoms with Gasteiger partial charge in [-0.2, -0.15) is 0 Å². The van der Waals surface area contributed by atoms with Crippen LogP contribution in [0.4, 0.5) is 0 Å². The highest BCUT2D eigenvalue weighted by Gasteiger charge is 2.49. The van der Waals surface area contributed by atoms with Crippen LogP contribution < -0.4 is 5.73 Å². The van der Waals surface area contributed by atoms with E-state index in [2.05, 4.69) is 0 Å². The van der Waals surface area contributed by atoms with Crippen molar-refractivity contribution in [1.29, 1.82) is 0 Å². The molecular formula is C32H37NO12. The van der Waals surface area contributed by atoms with E-state index in [4.69, 9.17) is 24.7 Å². The maximum Gasteiger partial charge on any atom is 0.198 e. The van der Waals surface area contributed by atoms with Crippen LogP contribution in [0.25, 0.3) is 0 Å². The molecule has 2 aliphatic carbocycles. The number of phenols is 2. The monoisotopic (exact) mass is 627 g/mol. The van der Waals surface area contributed by atoms with Crippen LogP contribution in [0.3, 0.4) is 0 Å². The van der Waals surface area contributed by atoms with Crippen LogP contribution >= 0.6 is 0 Å². The van der Waals surface area contributed by atoms with E-state index < -0.39 is 107 Å². The summed E-state index contributed by atoms with van der Waals surface area (Å²) in [6.07, 6.45) is -8.12. The molecule has 0 aromatic heterocycles. The smallest absolute Gasteiger partial charge is 0.198 e. The van der Waals surface area contributed by atoms with Gasteiger partial charge in [0, 0.05) is 54.0 Å². The van der Waals surface area contributed by atoms with Crippen molar-refractivity contribution in [1.82, 2.24) is 0 Å². The number of hydrogen-bond donors (Lipinski definition) is 6. The molecule has 45 heavy (non-hydrogen) atoms. The molecule has 2 aliphatic heterocycles. The lowest BCUT2D eigenvalue weighted by atomic mass is 9.72. The summed E-state index contributed by atoms with van der Waals surface area (Å²) >= 11 is 0. The van der Waals surface area contributed by atoms with Gasteiger partial charge < -0.3 is 50.2 Å². The normalized spacial score (nSPS) is 36.2. The molecule has 6 rings (SSSR count). The topological polar surface area (TPSA) is 215 Å². The van der Waals surface area contributed by atoms with E-state index in [0.29, 0.717) is 0 Å². The SMILES string of the molecule is CC(=O)[C@]1(O)Cc2c(O)c3c(c(O)c2C(O[C@H]2C[C@H](O)[C@H](O[C@H]4C[C@H](N)[C@H](O)[C@H](C)O4)[C@H](C)O2)C1)C(=O)c1ccccc1C3=O. The molecule has 13 heteroatoms. The lowest BCUT2D eigenvalue weighted by Crippen LogP contribution is -2.56. The number of fused-ring (bicyclic) bond motifs is 3. The van der Waals surface area contributed by atoms with Crippen LogP contribution in [0.1, 0.15) is 89.1 Å². The average Bonchev–Trinajstić information content (AvgIpc) is 2.98. The number of Topliss-reactive ketones (excluding diaryl/α,β-unsaturated/α-hetero) is 1. The molecule has 0 bridgehead atoms. The minimum absolute atomic E-state index is 0.0525. The Labute approximate surface area is 258 Å². The summed E-state index contributed by atoms with van der Waals surface area (Å²) in [6, 6.07) is 5.45. The number of phenolic OH excluding ortho intramolecular Hbond substituents is 2. The summed E-state index contributed by atoms with van der Waals surface area (Å²) in [7, 11) is 0. The quantitative estimate of drug-likeness (QED) is 0.217. The van der Waals surface area contributed by atoms with Crippen LogP contribution in [0, 0.1) is 0 Å². The molecule has 1 unspecified atom stereocenters. The zero-order chi connectivity index (χ0) is 32.5. The van der Waals surface area contributed by atoms with Crippen LogP contribution in [-0.2, 0) is 30.2 Å². The van der Waals surface area contributed by atoms with Crippen LogP contribution in [-0.4, -0.2) is 97.6 Å². The van der Waals surface area contributed by atoms with Gasteiger partial charge >= 0.3 is 0 Å². The van der Waals surface area contributed by atoms with E-state index in [1.165, 1.54) is 19.1 Å². The molecule has 2 heterocycles. The fourth-order valence-electron chi connectivity index (χ4n) is 6.90. The van der Waals surface area contributed by atoms with Crippen molar-refractivity contribution < 1.29 is 58.9 Å². The van der Waals surface area contributed by atoms with Crippen molar-refractivity contribution in [2.24, 2.45) is 5.73 Å². The number of ether oxygens (including phenoxy) is 4. The highest BCUT2D eigenvalue weighted by molar-refractivity contribution is 6.30. The predicted octanol–water partition coefficient (Wildman–Crippen LogP) is 0.901. The second kappa shape index (κ2) is 11.5. The second-order valence-corrected chi connectivity index (χ2v) is 12.5. The minimum atomic E-state index is -2.04. The number of nitrogens with two attached hydrogens (primary N) is 1. The van der Waals surface area contributed by atoms with E-state index in [9.17, 15) is 39.9 Å². The van der Waals surface area contributed by atoms with Crippen LogP contribution in [0.15, 0.2) is 24.3 Å². The lowest BCUT2D eigenvalue weighted by molar-refractivity contribution is -0.311. The molecule has 0 radical (unpaired) electrons. The summed E-state index contributed by atoms with van der Waals surface area (Å²) in [6.45, 7) is 4.48. The van der Waals surface area contributed by atoms with Gasteiger partial charge in [0.25, 0.3) is 0 Å². The Kier molecular flexibility index (Phi) is 8.11. The average molecular weight is 628 g/mol. The van der Waals surface area contributed by atoms with Crippen molar-refractivity contribution in [2.45, 2.75) is 107 Å². The van der Waals surface area contributed by atoms with E-state index in [1.54, 1.807) is 26.0 Å². The zero-order valence-corrected chi connectivity index (χ0v) is 25.0. The molecule has 0 spiro atoms. The molecule has 0 amide bonds. The number of carbonyl (C=O) groups excluding carboxylic acids is 3. The largest absolute Gasteiger partial charge is 0.507 e. The first-order chi connectivity index (χ1) is 21.2. The third-order valence-corrected chi connectivity index (χ3v) is 9.45. The Balaban J connectivity index is 1.30. The number of benzene rings is 2. The van der Waals surface area contributed by atoms with Crippen molar-refractivity contribution in [3.8, 4) is 11.5 Å². The Bertz CT molecular complexity index is 1540. The third kappa shape index (κ3) is 5.26. The highest BCUT2D eigenvalue weighted by Crippen LogP contribution is 2.52. The third-order valence-electron chi connectivity index (χ3n) is 9.45. The number of ketones is 3. The summed E-state index contributed by atoms with van der Waals surface area (Å²) in [5.41, 5.74) is 3.10. The fraction of sp³-hybridized carbons (Fsp3) is 0.531. The number of hydrogen-bond acceptors (Lipinski definition) is 13. The van der Waals surface area contributed by atoms with E-state index in [0.717, 1.165) is 0 Å². The summed E-state index contributed by atoms with van der Waals surface area (Å²) < 4.78 is 23.9. The molecular weight excluding hydrogens is 590 g/mol. The van der Waals surface area contributed by atoms with Gasteiger partial charge in [-0.15, -0.1) is 0 Å². The fourth-order valence-corrected chi connectivity index (χ4v) is 6.90. The van der Waals surface area contributed by atoms with Gasteiger partial charge in [0.2, 0.25) is 0 Å². The van der Waals surface area contributed by atoms with Gasteiger partial charge in [-0.25, -0.2) is 0 Å². The summed E-state index contributed by atoms with van der Waals surface area (Å²) in [5.74, 6) is -3.23. The molecule has 2 saturated heterocycles. The van der Waals surface area contributed by atoms with Gasteiger partial charge in [-0.05, 0) is 20.8 Å². The molecule has 0 saturated carbocycles.